The zero-order valence-corrected chi connectivity index (χ0v) is 14.6. The number of para-hydroxylation sites is 1. The Hall–Kier alpha value is -3.35. The Morgan fingerprint density at radius 1 is 1.04 bits per heavy atom. The van der Waals surface area contributed by atoms with Crippen LogP contribution in [-0.2, 0) is 12.7 Å². The molecule has 0 radical (unpaired) electrons. The minimum Gasteiger partial charge on any atom is -0.361 e. The number of carbonyl (C=O) groups excluding carboxylic acids is 1. The fraction of sp³-hybridized carbons (Fsp3) is 0.143. The van der Waals surface area contributed by atoms with Crippen LogP contribution in [0.3, 0.4) is 0 Å². The predicted octanol–water partition coefficient (Wildman–Crippen LogP) is 4.87. The van der Waals surface area contributed by atoms with Gasteiger partial charge in [0.1, 0.15) is 6.17 Å². The number of fused-ring (bicyclic) bond motifs is 1. The van der Waals surface area contributed by atoms with E-state index in [1.54, 1.807) is 48.8 Å². The van der Waals surface area contributed by atoms with Crippen molar-refractivity contribution >= 4 is 11.6 Å². The first-order chi connectivity index (χ1) is 13.4. The second-order valence-corrected chi connectivity index (χ2v) is 6.51. The van der Waals surface area contributed by atoms with Crippen molar-refractivity contribution in [1.82, 2.24) is 9.88 Å². The molecule has 1 aliphatic rings. The first-order valence-electron chi connectivity index (χ1n) is 8.66. The summed E-state index contributed by atoms with van der Waals surface area (Å²) in [7, 11) is 0. The van der Waals surface area contributed by atoms with Crippen LogP contribution in [0.4, 0.5) is 18.9 Å². The molecular formula is C21H16F3N3O. The number of halogens is 3. The van der Waals surface area contributed by atoms with Crippen LogP contribution in [0.25, 0.3) is 0 Å². The number of aromatic nitrogens is 1. The zero-order valence-electron chi connectivity index (χ0n) is 14.6. The molecule has 1 aromatic heterocycles. The molecular weight excluding hydrogens is 367 g/mol. The van der Waals surface area contributed by atoms with Crippen LogP contribution in [0.2, 0.25) is 0 Å². The van der Waals surface area contributed by atoms with Gasteiger partial charge >= 0.3 is 6.18 Å². The predicted molar refractivity (Wildman–Crippen MR) is 98.4 cm³/mol. The normalized spacial score (nSPS) is 16.5. The number of nitrogens with one attached hydrogen (secondary N) is 1. The minimum absolute atomic E-state index is 0.217. The molecule has 0 saturated carbocycles. The Labute approximate surface area is 159 Å². The lowest BCUT2D eigenvalue weighted by atomic mass is 10.0. The number of hydrogen-bond acceptors (Lipinski definition) is 3. The first kappa shape index (κ1) is 18.0. The van der Waals surface area contributed by atoms with Crippen molar-refractivity contribution in [3.8, 4) is 0 Å². The van der Waals surface area contributed by atoms with E-state index in [0.29, 0.717) is 16.8 Å². The van der Waals surface area contributed by atoms with Crippen LogP contribution in [0.5, 0.6) is 0 Å². The van der Waals surface area contributed by atoms with E-state index in [2.05, 4.69) is 10.3 Å². The lowest BCUT2D eigenvalue weighted by molar-refractivity contribution is -0.137. The topological polar surface area (TPSA) is 45.2 Å². The maximum absolute atomic E-state index is 13.2. The standard InChI is InChI=1S/C21H16F3N3O/c22-21(23,24)16-7-3-6-15(11-16)19-26-18-9-2-1-8-17(18)20(28)27(19)13-14-5-4-10-25-12-14/h1-12,19,26H,13H2. The highest BCUT2D eigenvalue weighted by Gasteiger charge is 2.35. The quantitative estimate of drug-likeness (QED) is 0.702. The number of pyridine rings is 1. The van der Waals surface area contributed by atoms with Gasteiger partial charge in [-0.05, 0) is 41.5 Å². The molecule has 1 N–H and O–H groups in total. The Balaban J connectivity index is 1.77. The second-order valence-electron chi connectivity index (χ2n) is 6.51. The molecule has 28 heavy (non-hydrogen) atoms. The third-order valence-corrected chi connectivity index (χ3v) is 4.63. The van der Waals surface area contributed by atoms with Crippen molar-refractivity contribution in [2.24, 2.45) is 0 Å². The number of hydrogen-bond donors (Lipinski definition) is 1. The average Bonchev–Trinajstić information content (AvgIpc) is 2.70. The molecule has 0 spiro atoms. The van der Waals surface area contributed by atoms with Gasteiger partial charge in [0.25, 0.3) is 5.91 Å². The minimum atomic E-state index is -4.46. The Bertz CT molecular complexity index is 1010. The summed E-state index contributed by atoms with van der Waals surface area (Å²) < 4.78 is 39.6. The fourth-order valence-corrected chi connectivity index (χ4v) is 3.29. The molecule has 142 valence electrons. The van der Waals surface area contributed by atoms with Crippen molar-refractivity contribution in [2.75, 3.05) is 5.32 Å². The van der Waals surface area contributed by atoms with E-state index in [0.717, 1.165) is 17.7 Å². The van der Waals surface area contributed by atoms with E-state index in [-0.39, 0.29) is 12.5 Å². The molecule has 4 nitrogen and oxygen atoms in total. The molecule has 1 aliphatic heterocycles. The van der Waals surface area contributed by atoms with Gasteiger partial charge in [0.05, 0.1) is 11.1 Å². The number of nitrogens with zero attached hydrogens (tertiary/aromatic N) is 2. The number of rotatable bonds is 3. The summed E-state index contributed by atoms with van der Waals surface area (Å²) in [5, 5.41) is 3.21. The van der Waals surface area contributed by atoms with Crippen molar-refractivity contribution < 1.29 is 18.0 Å². The lowest BCUT2D eigenvalue weighted by Crippen LogP contribution is -2.42. The molecule has 0 fully saturated rings. The van der Waals surface area contributed by atoms with Gasteiger partial charge in [0.2, 0.25) is 0 Å². The van der Waals surface area contributed by atoms with Crippen LogP contribution in [0.1, 0.15) is 33.2 Å². The second kappa shape index (κ2) is 6.99. The largest absolute Gasteiger partial charge is 0.416 e. The van der Waals surface area contributed by atoms with Gasteiger partial charge in [0, 0.05) is 24.6 Å². The number of alkyl halides is 3. The highest BCUT2D eigenvalue weighted by atomic mass is 19.4. The summed E-state index contributed by atoms with van der Waals surface area (Å²) in [6, 6.07) is 15.6. The molecule has 1 unspecified atom stereocenters. The molecule has 4 rings (SSSR count). The Morgan fingerprint density at radius 2 is 1.86 bits per heavy atom. The average molecular weight is 383 g/mol. The van der Waals surface area contributed by atoms with Crippen molar-refractivity contribution in [3.63, 3.8) is 0 Å². The number of benzene rings is 2. The molecule has 0 saturated heterocycles. The molecule has 7 heteroatoms. The summed E-state index contributed by atoms with van der Waals surface area (Å²) in [6.07, 6.45) is -1.93. The zero-order chi connectivity index (χ0) is 19.7. The molecule has 0 aliphatic carbocycles. The first-order valence-corrected chi connectivity index (χ1v) is 8.66. The molecule has 1 atom stereocenters. The van der Waals surface area contributed by atoms with Crippen LogP contribution >= 0.6 is 0 Å². The Morgan fingerprint density at radius 3 is 2.61 bits per heavy atom. The van der Waals surface area contributed by atoms with Gasteiger partial charge < -0.3 is 10.2 Å². The summed E-state index contributed by atoms with van der Waals surface area (Å²) >= 11 is 0. The van der Waals surface area contributed by atoms with E-state index in [9.17, 15) is 18.0 Å². The van der Waals surface area contributed by atoms with Crippen molar-refractivity contribution in [2.45, 2.75) is 18.9 Å². The van der Waals surface area contributed by atoms with Gasteiger partial charge in [-0.2, -0.15) is 13.2 Å². The van der Waals surface area contributed by atoms with Crippen LogP contribution in [-0.4, -0.2) is 15.8 Å². The van der Waals surface area contributed by atoms with E-state index in [1.165, 1.54) is 11.0 Å². The molecule has 2 heterocycles. The summed E-state index contributed by atoms with van der Waals surface area (Å²) in [4.78, 5) is 18.7. The fourth-order valence-electron chi connectivity index (χ4n) is 3.29. The smallest absolute Gasteiger partial charge is 0.361 e. The molecule has 1 amide bonds. The summed E-state index contributed by atoms with van der Waals surface area (Å²) in [6.45, 7) is 0.217. The summed E-state index contributed by atoms with van der Waals surface area (Å²) in [5.41, 5.74) is 1.47. The van der Waals surface area contributed by atoms with Crippen LogP contribution in [0.15, 0.2) is 73.1 Å². The van der Waals surface area contributed by atoms with Crippen molar-refractivity contribution in [3.05, 3.63) is 95.3 Å². The van der Waals surface area contributed by atoms with E-state index in [1.807, 2.05) is 6.07 Å². The van der Waals surface area contributed by atoms with Crippen molar-refractivity contribution in [1.29, 1.82) is 0 Å². The van der Waals surface area contributed by atoms with Gasteiger partial charge in [-0.1, -0.05) is 30.3 Å². The van der Waals surface area contributed by atoms with E-state index in [4.69, 9.17) is 0 Å². The number of carbonyl (C=O) groups is 1. The maximum atomic E-state index is 13.2. The van der Waals surface area contributed by atoms with Gasteiger partial charge in [-0.25, -0.2) is 0 Å². The maximum Gasteiger partial charge on any atom is 0.416 e. The highest BCUT2D eigenvalue weighted by molar-refractivity contribution is 6.01. The number of amides is 1. The van der Waals surface area contributed by atoms with Gasteiger partial charge in [-0.3, -0.25) is 9.78 Å². The summed E-state index contributed by atoms with van der Waals surface area (Å²) in [5.74, 6) is -0.249. The number of anilines is 1. The van der Waals surface area contributed by atoms with Crippen LogP contribution < -0.4 is 5.32 Å². The molecule has 2 aromatic carbocycles. The SMILES string of the molecule is O=C1c2ccccc2NC(c2cccc(C(F)(F)F)c2)N1Cc1cccnc1. The monoisotopic (exact) mass is 383 g/mol. The molecule has 0 bridgehead atoms. The van der Waals surface area contributed by atoms with E-state index >= 15 is 0 Å². The Kier molecular flexibility index (Phi) is 4.50. The van der Waals surface area contributed by atoms with E-state index < -0.39 is 17.9 Å². The van der Waals surface area contributed by atoms with Crippen LogP contribution in [0, 0.1) is 0 Å². The molecule has 3 aromatic rings. The third-order valence-electron chi connectivity index (χ3n) is 4.63. The lowest BCUT2D eigenvalue weighted by Gasteiger charge is -2.38. The highest BCUT2D eigenvalue weighted by Crippen LogP contribution is 2.36. The van der Waals surface area contributed by atoms with Gasteiger partial charge in [0.15, 0.2) is 0 Å². The van der Waals surface area contributed by atoms with Gasteiger partial charge in [-0.15, -0.1) is 0 Å². The third kappa shape index (κ3) is 3.43.